The van der Waals surface area contributed by atoms with Gasteiger partial charge in [-0.2, -0.15) is 0 Å². The molecule has 0 saturated carbocycles. The van der Waals surface area contributed by atoms with Crippen LogP contribution >= 0.6 is 11.8 Å². The summed E-state index contributed by atoms with van der Waals surface area (Å²) in [7, 11) is 0. The zero-order valence-electron chi connectivity index (χ0n) is 8.20. The quantitative estimate of drug-likeness (QED) is 0.733. The van der Waals surface area contributed by atoms with Crippen molar-refractivity contribution in [2.75, 3.05) is 25.4 Å². The molecule has 2 rings (SSSR count). The summed E-state index contributed by atoms with van der Waals surface area (Å²) in [6, 6.07) is 11.2. The second kappa shape index (κ2) is 5.39. The Labute approximate surface area is 89.5 Å². The summed E-state index contributed by atoms with van der Waals surface area (Å²) in [5.74, 6) is 1.15. The van der Waals surface area contributed by atoms with E-state index >= 15 is 0 Å². The van der Waals surface area contributed by atoms with Gasteiger partial charge in [-0.15, -0.1) is 11.8 Å². The van der Waals surface area contributed by atoms with Crippen LogP contribution in [0, 0.1) is 0 Å². The van der Waals surface area contributed by atoms with Gasteiger partial charge in [0.15, 0.2) is 0 Å². The highest BCUT2D eigenvalue weighted by molar-refractivity contribution is 7.99. The summed E-state index contributed by atoms with van der Waals surface area (Å²) < 4.78 is 0. The Bertz CT molecular complexity index is 257. The van der Waals surface area contributed by atoms with E-state index in [0.717, 1.165) is 25.4 Å². The molecule has 0 amide bonds. The van der Waals surface area contributed by atoms with Gasteiger partial charge in [0.05, 0.1) is 0 Å². The SMILES string of the molecule is c1ccc(SCC2CNCCN2)cc1. The molecule has 0 bridgehead atoms. The third-order valence-electron chi connectivity index (χ3n) is 2.32. The monoisotopic (exact) mass is 208 g/mol. The summed E-state index contributed by atoms with van der Waals surface area (Å²) in [5, 5.41) is 6.90. The average Bonchev–Trinajstić information content (AvgIpc) is 2.29. The van der Waals surface area contributed by atoms with E-state index in [2.05, 4.69) is 41.0 Å². The highest BCUT2D eigenvalue weighted by Gasteiger charge is 2.11. The van der Waals surface area contributed by atoms with Crippen LogP contribution in [0.3, 0.4) is 0 Å². The number of hydrogen-bond acceptors (Lipinski definition) is 3. The Kier molecular flexibility index (Phi) is 3.86. The predicted molar refractivity (Wildman–Crippen MR) is 61.8 cm³/mol. The van der Waals surface area contributed by atoms with Crippen LogP contribution in [0.4, 0.5) is 0 Å². The van der Waals surface area contributed by atoms with E-state index in [-0.39, 0.29) is 0 Å². The molecule has 1 aromatic rings. The lowest BCUT2D eigenvalue weighted by atomic mass is 10.3. The molecule has 14 heavy (non-hydrogen) atoms. The molecule has 1 unspecified atom stereocenters. The molecule has 1 fully saturated rings. The number of piperazine rings is 1. The van der Waals surface area contributed by atoms with Crippen LogP contribution in [-0.2, 0) is 0 Å². The number of benzene rings is 1. The number of hydrogen-bond donors (Lipinski definition) is 2. The highest BCUT2D eigenvalue weighted by atomic mass is 32.2. The molecule has 0 aromatic heterocycles. The second-order valence-corrected chi connectivity index (χ2v) is 4.57. The van der Waals surface area contributed by atoms with Gasteiger partial charge in [-0.3, -0.25) is 0 Å². The molecule has 0 aliphatic carbocycles. The van der Waals surface area contributed by atoms with E-state index in [1.54, 1.807) is 0 Å². The fourth-order valence-corrected chi connectivity index (χ4v) is 2.52. The molecule has 1 aliphatic rings. The first-order chi connectivity index (χ1) is 6.95. The Hall–Kier alpha value is -0.510. The molecule has 1 saturated heterocycles. The smallest absolute Gasteiger partial charge is 0.0287 e. The molecule has 1 aliphatic heterocycles. The van der Waals surface area contributed by atoms with Crippen LogP contribution in [0.15, 0.2) is 35.2 Å². The zero-order valence-corrected chi connectivity index (χ0v) is 9.02. The van der Waals surface area contributed by atoms with Gasteiger partial charge in [0.25, 0.3) is 0 Å². The Morgan fingerprint density at radius 2 is 2.07 bits per heavy atom. The first-order valence-corrected chi connectivity index (χ1v) is 6.05. The summed E-state index contributed by atoms with van der Waals surface area (Å²) in [6.07, 6.45) is 0. The molecule has 0 spiro atoms. The third-order valence-corrected chi connectivity index (χ3v) is 3.49. The van der Waals surface area contributed by atoms with E-state index in [4.69, 9.17) is 0 Å². The summed E-state index contributed by atoms with van der Waals surface area (Å²) in [6.45, 7) is 3.30. The molecular weight excluding hydrogens is 192 g/mol. The molecule has 1 heterocycles. The van der Waals surface area contributed by atoms with Crippen molar-refractivity contribution in [1.29, 1.82) is 0 Å². The van der Waals surface area contributed by atoms with Crippen LogP contribution in [0.1, 0.15) is 0 Å². The van der Waals surface area contributed by atoms with Crippen molar-refractivity contribution in [3.63, 3.8) is 0 Å². The average molecular weight is 208 g/mol. The van der Waals surface area contributed by atoms with Crippen molar-refractivity contribution < 1.29 is 0 Å². The van der Waals surface area contributed by atoms with E-state index < -0.39 is 0 Å². The van der Waals surface area contributed by atoms with Crippen LogP contribution in [0.2, 0.25) is 0 Å². The van der Waals surface area contributed by atoms with E-state index in [1.165, 1.54) is 4.90 Å². The van der Waals surface area contributed by atoms with Crippen LogP contribution < -0.4 is 10.6 Å². The first-order valence-electron chi connectivity index (χ1n) is 5.07. The maximum atomic E-state index is 3.51. The summed E-state index contributed by atoms with van der Waals surface area (Å²) >= 11 is 1.92. The fourth-order valence-electron chi connectivity index (χ4n) is 1.54. The van der Waals surface area contributed by atoms with Crippen molar-refractivity contribution in [1.82, 2.24) is 10.6 Å². The molecule has 2 N–H and O–H groups in total. The van der Waals surface area contributed by atoms with E-state index in [1.807, 2.05) is 11.8 Å². The predicted octanol–water partition coefficient (Wildman–Crippen LogP) is 1.34. The largest absolute Gasteiger partial charge is 0.314 e. The van der Waals surface area contributed by atoms with Gasteiger partial charge in [-0.25, -0.2) is 0 Å². The molecular formula is C11H16N2S. The minimum absolute atomic E-state index is 0.619. The van der Waals surface area contributed by atoms with Gasteiger partial charge in [0.2, 0.25) is 0 Å². The van der Waals surface area contributed by atoms with Gasteiger partial charge in [-0.1, -0.05) is 18.2 Å². The Morgan fingerprint density at radius 1 is 1.21 bits per heavy atom. The maximum Gasteiger partial charge on any atom is 0.0287 e. The summed E-state index contributed by atoms with van der Waals surface area (Å²) in [5.41, 5.74) is 0. The Balaban J connectivity index is 1.76. The van der Waals surface area contributed by atoms with Gasteiger partial charge >= 0.3 is 0 Å². The minimum Gasteiger partial charge on any atom is -0.314 e. The molecule has 1 aromatic carbocycles. The third kappa shape index (κ3) is 3.01. The normalized spacial score (nSPS) is 22.1. The first kappa shape index (κ1) is 10.0. The standard InChI is InChI=1S/C11H16N2S/c1-2-4-11(5-3-1)14-9-10-8-12-6-7-13-10/h1-5,10,12-13H,6-9H2. The van der Waals surface area contributed by atoms with Gasteiger partial charge in [-0.05, 0) is 12.1 Å². The van der Waals surface area contributed by atoms with Crippen LogP contribution in [-0.4, -0.2) is 31.4 Å². The van der Waals surface area contributed by atoms with Crippen LogP contribution in [0.25, 0.3) is 0 Å². The molecule has 1 atom stereocenters. The van der Waals surface area contributed by atoms with Crippen molar-refractivity contribution >= 4 is 11.8 Å². The maximum absolute atomic E-state index is 3.51. The van der Waals surface area contributed by atoms with Crippen LogP contribution in [0.5, 0.6) is 0 Å². The van der Waals surface area contributed by atoms with E-state index in [9.17, 15) is 0 Å². The highest BCUT2D eigenvalue weighted by Crippen LogP contribution is 2.17. The van der Waals surface area contributed by atoms with Gasteiger partial charge in [0, 0.05) is 36.3 Å². The lowest BCUT2D eigenvalue weighted by molar-refractivity contribution is 0.447. The topological polar surface area (TPSA) is 24.1 Å². The minimum atomic E-state index is 0.619. The van der Waals surface area contributed by atoms with E-state index in [0.29, 0.717) is 6.04 Å². The molecule has 76 valence electrons. The number of thioether (sulfide) groups is 1. The molecule has 2 nitrogen and oxygen atoms in total. The molecule has 3 heteroatoms. The number of rotatable bonds is 3. The Morgan fingerprint density at radius 3 is 2.79 bits per heavy atom. The van der Waals surface area contributed by atoms with Crippen molar-refractivity contribution in [3.05, 3.63) is 30.3 Å². The van der Waals surface area contributed by atoms with Gasteiger partial charge in [0.1, 0.15) is 0 Å². The lowest BCUT2D eigenvalue weighted by Crippen LogP contribution is -2.49. The summed E-state index contributed by atoms with van der Waals surface area (Å²) in [4.78, 5) is 1.36. The van der Waals surface area contributed by atoms with Crippen molar-refractivity contribution in [2.45, 2.75) is 10.9 Å². The van der Waals surface area contributed by atoms with Crippen molar-refractivity contribution in [2.24, 2.45) is 0 Å². The second-order valence-electron chi connectivity index (χ2n) is 3.48. The zero-order chi connectivity index (χ0) is 9.64. The fraction of sp³-hybridized carbons (Fsp3) is 0.455. The number of nitrogens with one attached hydrogen (secondary N) is 2. The molecule has 0 radical (unpaired) electrons. The van der Waals surface area contributed by atoms with Gasteiger partial charge < -0.3 is 10.6 Å². The lowest BCUT2D eigenvalue weighted by Gasteiger charge is -2.23. The van der Waals surface area contributed by atoms with Crippen molar-refractivity contribution in [3.8, 4) is 0 Å².